The maximum absolute atomic E-state index is 13.1. The summed E-state index contributed by atoms with van der Waals surface area (Å²) in [6, 6.07) is 20.9. The highest BCUT2D eigenvalue weighted by atomic mass is 16.3. The van der Waals surface area contributed by atoms with Crippen LogP contribution in [0.5, 0.6) is 0 Å². The molecule has 1 aliphatic heterocycles. The SMILES string of the molecule is CCCCN1C(=O)C(=O)/C(=C(\O)c2ccc3ccccc3c2)C1c1ccc(C(C)C)cc1. The summed E-state index contributed by atoms with van der Waals surface area (Å²) in [5, 5.41) is 13.3. The molecular weight excluding hydrogens is 398 g/mol. The van der Waals surface area contributed by atoms with E-state index in [4.69, 9.17) is 0 Å². The number of unbranched alkanes of at least 4 members (excludes halogenated alkanes) is 1. The Morgan fingerprint density at radius 2 is 1.66 bits per heavy atom. The first kappa shape index (κ1) is 21.8. The maximum atomic E-state index is 13.1. The average molecular weight is 428 g/mol. The van der Waals surface area contributed by atoms with Crippen LogP contribution in [-0.2, 0) is 9.59 Å². The molecule has 4 rings (SSSR count). The van der Waals surface area contributed by atoms with E-state index in [1.165, 1.54) is 5.56 Å². The van der Waals surface area contributed by atoms with Gasteiger partial charge in [0.2, 0.25) is 0 Å². The predicted molar refractivity (Wildman–Crippen MR) is 128 cm³/mol. The Hall–Kier alpha value is -3.40. The van der Waals surface area contributed by atoms with Crippen molar-refractivity contribution >= 4 is 28.2 Å². The third-order valence-electron chi connectivity index (χ3n) is 6.23. The molecule has 1 atom stereocenters. The van der Waals surface area contributed by atoms with Crippen LogP contribution in [0.15, 0.2) is 72.3 Å². The molecule has 0 spiro atoms. The topological polar surface area (TPSA) is 57.6 Å². The van der Waals surface area contributed by atoms with Crippen molar-refractivity contribution in [3.05, 3.63) is 89.0 Å². The fourth-order valence-electron chi connectivity index (χ4n) is 4.34. The first-order chi connectivity index (χ1) is 15.4. The number of Topliss-reactive ketones (excluding diaryl/α,β-unsaturated/α-hetero) is 1. The lowest BCUT2D eigenvalue weighted by Crippen LogP contribution is -2.30. The highest BCUT2D eigenvalue weighted by Gasteiger charge is 2.45. The van der Waals surface area contributed by atoms with Gasteiger partial charge in [0.25, 0.3) is 11.7 Å². The van der Waals surface area contributed by atoms with E-state index in [1.54, 1.807) is 11.0 Å². The fraction of sp³-hybridized carbons (Fsp3) is 0.286. The monoisotopic (exact) mass is 427 g/mol. The quantitative estimate of drug-likeness (QED) is 0.290. The molecule has 1 heterocycles. The minimum absolute atomic E-state index is 0.119. The van der Waals surface area contributed by atoms with E-state index >= 15 is 0 Å². The summed E-state index contributed by atoms with van der Waals surface area (Å²) in [5.41, 5.74) is 2.74. The number of hydrogen-bond acceptors (Lipinski definition) is 3. The zero-order valence-electron chi connectivity index (χ0n) is 18.8. The molecule has 0 aliphatic carbocycles. The zero-order chi connectivity index (χ0) is 22.8. The van der Waals surface area contributed by atoms with E-state index in [1.807, 2.05) is 60.7 Å². The molecule has 0 saturated carbocycles. The molecule has 0 bridgehead atoms. The molecule has 1 fully saturated rings. The number of carbonyl (C=O) groups is 2. The number of nitrogens with zero attached hydrogens (tertiary/aromatic N) is 1. The minimum Gasteiger partial charge on any atom is -0.507 e. The fourth-order valence-corrected chi connectivity index (χ4v) is 4.34. The molecule has 0 radical (unpaired) electrons. The van der Waals surface area contributed by atoms with Crippen molar-refractivity contribution in [1.29, 1.82) is 0 Å². The standard InChI is InChI=1S/C28H29NO3/c1-4-5-16-29-25(21-13-10-19(11-14-21)18(2)3)24(27(31)28(29)32)26(30)23-15-12-20-8-6-7-9-22(20)17-23/h6-15,17-18,25,30H,4-5,16H2,1-3H3/b26-24-. The van der Waals surface area contributed by atoms with Crippen LogP contribution >= 0.6 is 0 Å². The van der Waals surface area contributed by atoms with Gasteiger partial charge in [0.1, 0.15) is 5.76 Å². The van der Waals surface area contributed by atoms with Crippen LogP contribution in [0.25, 0.3) is 16.5 Å². The van der Waals surface area contributed by atoms with Gasteiger partial charge >= 0.3 is 0 Å². The van der Waals surface area contributed by atoms with E-state index in [2.05, 4.69) is 20.8 Å². The molecule has 1 amide bonds. The van der Waals surface area contributed by atoms with Gasteiger partial charge in [-0.2, -0.15) is 0 Å². The number of ketones is 1. The Bertz CT molecular complexity index is 1190. The molecule has 164 valence electrons. The van der Waals surface area contributed by atoms with Crippen LogP contribution in [0.2, 0.25) is 0 Å². The van der Waals surface area contributed by atoms with Gasteiger partial charge in [-0.15, -0.1) is 0 Å². The zero-order valence-corrected chi connectivity index (χ0v) is 18.8. The Kier molecular flexibility index (Phi) is 6.13. The molecular formula is C28H29NO3. The molecule has 1 N–H and O–H groups in total. The minimum atomic E-state index is -0.621. The van der Waals surface area contributed by atoms with E-state index in [9.17, 15) is 14.7 Å². The van der Waals surface area contributed by atoms with Gasteiger partial charge in [-0.3, -0.25) is 9.59 Å². The molecule has 1 saturated heterocycles. The number of aliphatic hydroxyl groups excluding tert-OH is 1. The number of rotatable bonds is 6. The van der Waals surface area contributed by atoms with Crippen LogP contribution < -0.4 is 0 Å². The third kappa shape index (κ3) is 3.93. The Labute approximate surface area is 189 Å². The summed E-state index contributed by atoms with van der Waals surface area (Å²) in [5.74, 6) is -0.900. The van der Waals surface area contributed by atoms with Gasteiger partial charge in [-0.05, 0) is 40.3 Å². The summed E-state index contributed by atoms with van der Waals surface area (Å²) < 4.78 is 0. The molecule has 32 heavy (non-hydrogen) atoms. The van der Waals surface area contributed by atoms with Crippen LogP contribution in [0.4, 0.5) is 0 Å². The first-order valence-electron chi connectivity index (χ1n) is 11.3. The number of likely N-dealkylation sites (tertiary alicyclic amines) is 1. The smallest absolute Gasteiger partial charge is 0.295 e. The van der Waals surface area contributed by atoms with Crippen molar-refractivity contribution < 1.29 is 14.7 Å². The second-order valence-electron chi connectivity index (χ2n) is 8.73. The Balaban J connectivity index is 1.85. The maximum Gasteiger partial charge on any atom is 0.295 e. The summed E-state index contributed by atoms with van der Waals surface area (Å²) in [7, 11) is 0. The molecule has 0 aromatic heterocycles. The van der Waals surface area contributed by atoms with Crippen molar-refractivity contribution in [3.8, 4) is 0 Å². The summed E-state index contributed by atoms with van der Waals surface area (Å²) in [4.78, 5) is 27.7. The van der Waals surface area contributed by atoms with Gasteiger partial charge in [0.15, 0.2) is 0 Å². The van der Waals surface area contributed by atoms with Crippen LogP contribution in [0, 0.1) is 0 Å². The number of aliphatic hydroxyl groups is 1. The predicted octanol–water partition coefficient (Wildman–Crippen LogP) is 6.19. The lowest BCUT2D eigenvalue weighted by atomic mass is 9.92. The van der Waals surface area contributed by atoms with Crippen molar-refractivity contribution in [1.82, 2.24) is 4.90 Å². The number of hydrogen-bond donors (Lipinski definition) is 1. The van der Waals surface area contributed by atoms with Gasteiger partial charge < -0.3 is 10.0 Å². The lowest BCUT2D eigenvalue weighted by molar-refractivity contribution is -0.139. The summed E-state index contributed by atoms with van der Waals surface area (Å²) in [6.45, 7) is 6.79. The largest absolute Gasteiger partial charge is 0.507 e. The Morgan fingerprint density at radius 1 is 0.969 bits per heavy atom. The third-order valence-corrected chi connectivity index (χ3v) is 6.23. The number of carbonyl (C=O) groups excluding carboxylic acids is 2. The number of benzene rings is 3. The first-order valence-corrected chi connectivity index (χ1v) is 11.3. The van der Waals surface area contributed by atoms with Gasteiger partial charge in [-0.1, -0.05) is 87.9 Å². The van der Waals surface area contributed by atoms with E-state index < -0.39 is 17.7 Å². The normalized spacial score (nSPS) is 18.1. The van der Waals surface area contributed by atoms with Crippen molar-refractivity contribution in [3.63, 3.8) is 0 Å². The molecule has 1 aliphatic rings. The van der Waals surface area contributed by atoms with Gasteiger partial charge in [0, 0.05) is 12.1 Å². The van der Waals surface area contributed by atoms with Gasteiger partial charge in [0.05, 0.1) is 11.6 Å². The van der Waals surface area contributed by atoms with Crippen LogP contribution in [0.1, 0.15) is 62.3 Å². The van der Waals surface area contributed by atoms with Crippen LogP contribution in [0.3, 0.4) is 0 Å². The summed E-state index contributed by atoms with van der Waals surface area (Å²) >= 11 is 0. The van der Waals surface area contributed by atoms with Crippen molar-refractivity contribution in [2.75, 3.05) is 6.54 Å². The molecule has 4 nitrogen and oxygen atoms in total. The molecule has 4 heteroatoms. The van der Waals surface area contributed by atoms with Crippen molar-refractivity contribution in [2.24, 2.45) is 0 Å². The lowest BCUT2D eigenvalue weighted by Gasteiger charge is -2.25. The van der Waals surface area contributed by atoms with Crippen LogP contribution in [-0.4, -0.2) is 28.2 Å². The number of amides is 1. The van der Waals surface area contributed by atoms with E-state index in [0.717, 1.165) is 29.2 Å². The van der Waals surface area contributed by atoms with Gasteiger partial charge in [-0.25, -0.2) is 0 Å². The summed E-state index contributed by atoms with van der Waals surface area (Å²) in [6.07, 6.45) is 1.70. The average Bonchev–Trinajstić information content (AvgIpc) is 3.06. The number of fused-ring (bicyclic) bond motifs is 1. The highest BCUT2D eigenvalue weighted by Crippen LogP contribution is 2.40. The Morgan fingerprint density at radius 3 is 2.31 bits per heavy atom. The molecule has 3 aromatic carbocycles. The van der Waals surface area contributed by atoms with E-state index in [0.29, 0.717) is 18.0 Å². The highest BCUT2D eigenvalue weighted by molar-refractivity contribution is 6.46. The van der Waals surface area contributed by atoms with E-state index in [-0.39, 0.29) is 11.3 Å². The molecule has 3 aromatic rings. The molecule has 1 unspecified atom stereocenters. The second-order valence-corrected chi connectivity index (χ2v) is 8.73. The second kappa shape index (κ2) is 8.99. The van der Waals surface area contributed by atoms with Crippen molar-refractivity contribution in [2.45, 2.75) is 45.6 Å².